The molecule has 0 bridgehead atoms. The van der Waals surface area contributed by atoms with Crippen LogP contribution in [0.3, 0.4) is 0 Å². The molecule has 1 aliphatic heterocycles. The van der Waals surface area contributed by atoms with Gasteiger partial charge in [-0.25, -0.2) is 0 Å². The van der Waals surface area contributed by atoms with E-state index in [1.807, 2.05) is 0 Å². The van der Waals surface area contributed by atoms with E-state index in [0.29, 0.717) is 35.7 Å². The second-order valence-corrected chi connectivity index (χ2v) is 6.35. The van der Waals surface area contributed by atoms with Crippen LogP contribution in [0.2, 0.25) is 0 Å². The molecule has 2 amide bonds. The topological polar surface area (TPSA) is 88.6 Å². The van der Waals surface area contributed by atoms with Crippen molar-refractivity contribution in [2.75, 3.05) is 16.8 Å². The smallest absolute Gasteiger partial charge is 0.247 e. The van der Waals surface area contributed by atoms with Crippen LogP contribution in [0.25, 0.3) is 0 Å². The Hall–Kier alpha value is -3.22. The van der Waals surface area contributed by atoms with Gasteiger partial charge in [-0.3, -0.25) is 24.3 Å². The molecule has 0 aliphatic carbocycles. The van der Waals surface area contributed by atoms with Gasteiger partial charge in [0.15, 0.2) is 5.78 Å². The van der Waals surface area contributed by atoms with Crippen LogP contribution in [0.4, 0.5) is 11.4 Å². The van der Waals surface area contributed by atoms with Crippen molar-refractivity contribution in [2.45, 2.75) is 32.7 Å². The summed E-state index contributed by atoms with van der Waals surface area (Å²) in [6.07, 6.45) is 3.90. The van der Waals surface area contributed by atoms with E-state index in [1.165, 1.54) is 18.0 Å². The van der Waals surface area contributed by atoms with Gasteiger partial charge in [0.2, 0.25) is 11.8 Å². The van der Waals surface area contributed by atoms with Gasteiger partial charge in [-0.2, -0.15) is 0 Å². The standard InChI is InChI=1S/C20H21N3O4/c1-13-20(26)22-17-12-21-10-9-18(17)23(13)19(25)4-3-11-27-16-7-5-15(6-8-16)14(2)24/h5-10,12-13H,3-4,11H2,1-2H3,(H,22,26)/t13-/m0/s1. The molecular formula is C20H21N3O4. The van der Waals surface area contributed by atoms with Crippen molar-refractivity contribution >= 4 is 29.0 Å². The average molecular weight is 367 g/mol. The Bertz CT molecular complexity index is 864. The molecule has 27 heavy (non-hydrogen) atoms. The minimum absolute atomic E-state index is 0.00214. The zero-order valence-corrected chi connectivity index (χ0v) is 15.3. The lowest BCUT2D eigenvalue weighted by atomic mass is 10.1. The zero-order valence-electron chi connectivity index (χ0n) is 15.3. The molecule has 0 radical (unpaired) electrons. The summed E-state index contributed by atoms with van der Waals surface area (Å²) in [5.74, 6) is 0.280. The van der Waals surface area contributed by atoms with E-state index in [-0.39, 0.29) is 24.0 Å². The van der Waals surface area contributed by atoms with Gasteiger partial charge in [0.25, 0.3) is 0 Å². The summed E-state index contributed by atoms with van der Waals surface area (Å²) in [5.41, 5.74) is 1.82. The number of pyridine rings is 1. The number of benzene rings is 1. The van der Waals surface area contributed by atoms with Gasteiger partial charge in [-0.1, -0.05) is 0 Å². The highest BCUT2D eigenvalue weighted by atomic mass is 16.5. The van der Waals surface area contributed by atoms with Crippen LogP contribution in [0.1, 0.15) is 37.0 Å². The van der Waals surface area contributed by atoms with Crippen LogP contribution in [0.15, 0.2) is 42.7 Å². The third kappa shape index (κ3) is 4.13. The minimum atomic E-state index is -0.576. The fourth-order valence-corrected chi connectivity index (χ4v) is 2.93. The molecule has 7 heteroatoms. The molecule has 1 aromatic heterocycles. The van der Waals surface area contributed by atoms with Crippen molar-refractivity contribution in [1.29, 1.82) is 0 Å². The maximum Gasteiger partial charge on any atom is 0.247 e. The number of fused-ring (bicyclic) bond motifs is 1. The number of rotatable bonds is 6. The third-order valence-electron chi connectivity index (χ3n) is 4.42. The van der Waals surface area contributed by atoms with Crippen molar-refractivity contribution in [1.82, 2.24) is 4.98 Å². The van der Waals surface area contributed by atoms with Crippen LogP contribution in [0, 0.1) is 0 Å². The molecule has 1 aliphatic rings. The molecule has 1 aromatic carbocycles. The lowest BCUT2D eigenvalue weighted by Crippen LogP contribution is -2.49. The van der Waals surface area contributed by atoms with E-state index < -0.39 is 6.04 Å². The van der Waals surface area contributed by atoms with Gasteiger partial charge >= 0.3 is 0 Å². The first-order valence-electron chi connectivity index (χ1n) is 8.78. The summed E-state index contributed by atoms with van der Waals surface area (Å²) < 4.78 is 5.62. The molecule has 2 aromatic rings. The predicted octanol–water partition coefficient (Wildman–Crippen LogP) is 2.82. The number of hydrogen-bond donors (Lipinski definition) is 1. The summed E-state index contributed by atoms with van der Waals surface area (Å²) in [4.78, 5) is 41.5. The highest BCUT2D eigenvalue weighted by molar-refractivity contribution is 6.11. The van der Waals surface area contributed by atoms with Gasteiger partial charge in [-0.05, 0) is 50.6 Å². The van der Waals surface area contributed by atoms with E-state index in [2.05, 4.69) is 10.3 Å². The monoisotopic (exact) mass is 367 g/mol. The Morgan fingerprint density at radius 3 is 2.67 bits per heavy atom. The van der Waals surface area contributed by atoms with Crippen molar-refractivity contribution in [3.05, 3.63) is 48.3 Å². The number of ether oxygens (including phenoxy) is 1. The lowest BCUT2D eigenvalue weighted by Gasteiger charge is -2.34. The highest BCUT2D eigenvalue weighted by Crippen LogP contribution is 2.31. The van der Waals surface area contributed by atoms with Crippen molar-refractivity contribution < 1.29 is 19.1 Å². The second kappa shape index (κ2) is 7.99. The zero-order chi connectivity index (χ0) is 19.4. The molecule has 3 rings (SSSR count). The third-order valence-corrected chi connectivity index (χ3v) is 4.42. The SMILES string of the molecule is CC(=O)c1ccc(OCCCC(=O)N2c3ccncc3NC(=O)[C@@H]2C)cc1. The number of anilines is 2. The predicted molar refractivity (Wildman–Crippen MR) is 101 cm³/mol. The number of nitrogens with zero attached hydrogens (tertiary/aromatic N) is 2. The summed E-state index contributed by atoms with van der Waals surface area (Å²) >= 11 is 0. The fraction of sp³-hybridized carbons (Fsp3) is 0.300. The van der Waals surface area contributed by atoms with Gasteiger partial charge in [0.05, 0.1) is 24.2 Å². The van der Waals surface area contributed by atoms with E-state index >= 15 is 0 Å². The largest absolute Gasteiger partial charge is 0.494 e. The Morgan fingerprint density at radius 1 is 1.22 bits per heavy atom. The number of carbonyl (C=O) groups is 3. The van der Waals surface area contributed by atoms with E-state index in [1.54, 1.807) is 43.5 Å². The van der Waals surface area contributed by atoms with Gasteiger partial charge in [0.1, 0.15) is 11.8 Å². The van der Waals surface area contributed by atoms with Crippen LogP contribution >= 0.6 is 0 Å². The molecule has 0 saturated heterocycles. The normalized spacial score (nSPS) is 15.7. The first kappa shape index (κ1) is 18.6. The van der Waals surface area contributed by atoms with Crippen LogP contribution in [-0.2, 0) is 9.59 Å². The minimum Gasteiger partial charge on any atom is -0.494 e. The Morgan fingerprint density at radius 2 is 1.96 bits per heavy atom. The fourth-order valence-electron chi connectivity index (χ4n) is 2.93. The summed E-state index contributed by atoms with van der Waals surface area (Å²) in [7, 11) is 0. The molecule has 2 heterocycles. The molecule has 0 saturated carbocycles. The number of nitrogens with one attached hydrogen (secondary N) is 1. The Balaban J connectivity index is 1.56. The van der Waals surface area contributed by atoms with E-state index in [9.17, 15) is 14.4 Å². The van der Waals surface area contributed by atoms with E-state index in [0.717, 1.165) is 0 Å². The highest BCUT2D eigenvalue weighted by Gasteiger charge is 2.33. The number of ketones is 1. The molecule has 140 valence electrons. The second-order valence-electron chi connectivity index (χ2n) is 6.35. The quantitative estimate of drug-likeness (QED) is 0.626. The first-order valence-corrected chi connectivity index (χ1v) is 8.78. The van der Waals surface area contributed by atoms with Crippen LogP contribution < -0.4 is 15.0 Å². The van der Waals surface area contributed by atoms with Crippen LogP contribution in [-0.4, -0.2) is 35.2 Å². The number of Topliss-reactive ketones (excluding diaryl/α,β-unsaturated/α-hetero) is 1. The summed E-state index contributed by atoms with van der Waals surface area (Å²) in [5, 5.41) is 2.75. The van der Waals surface area contributed by atoms with Gasteiger partial charge < -0.3 is 10.1 Å². The van der Waals surface area contributed by atoms with Crippen LogP contribution in [0.5, 0.6) is 5.75 Å². The Labute approximate surface area is 157 Å². The molecular weight excluding hydrogens is 346 g/mol. The van der Waals surface area contributed by atoms with E-state index in [4.69, 9.17) is 4.74 Å². The van der Waals surface area contributed by atoms with Gasteiger partial charge in [0, 0.05) is 18.2 Å². The van der Waals surface area contributed by atoms with Gasteiger partial charge in [-0.15, -0.1) is 0 Å². The maximum atomic E-state index is 12.7. The number of amides is 2. The number of aromatic nitrogens is 1. The lowest BCUT2D eigenvalue weighted by molar-refractivity contribution is -0.123. The maximum absolute atomic E-state index is 12.7. The number of hydrogen-bond acceptors (Lipinski definition) is 5. The molecule has 0 fully saturated rings. The van der Waals surface area contributed by atoms with Crippen molar-refractivity contribution in [3.63, 3.8) is 0 Å². The first-order chi connectivity index (χ1) is 13.0. The Kier molecular flexibility index (Phi) is 5.49. The average Bonchev–Trinajstić information content (AvgIpc) is 2.66. The molecule has 0 spiro atoms. The number of carbonyl (C=O) groups excluding carboxylic acids is 3. The van der Waals surface area contributed by atoms with Crippen molar-refractivity contribution in [2.24, 2.45) is 0 Å². The summed E-state index contributed by atoms with van der Waals surface area (Å²) in [6, 6.07) is 8.03. The molecule has 7 nitrogen and oxygen atoms in total. The summed E-state index contributed by atoms with van der Waals surface area (Å²) in [6.45, 7) is 3.57. The molecule has 0 unspecified atom stereocenters. The molecule has 1 N–H and O–H groups in total. The van der Waals surface area contributed by atoms with Crippen molar-refractivity contribution in [3.8, 4) is 5.75 Å². The molecule has 1 atom stereocenters.